The minimum Gasteiger partial charge on any atom is -0.317 e. The lowest BCUT2D eigenvalue weighted by molar-refractivity contribution is -0.134. The van der Waals surface area contributed by atoms with Crippen molar-refractivity contribution in [2.24, 2.45) is 5.92 Å². The average molecular weight is 391 g/mol. The Bertz CT molecular complexity index is 693. The molecule has 0 aromatic rings. The second kappa shape index (κ2) is 7.34. The number of hydrazine groups is 1. The summed E-state index contributed by atoms with van der Waals surface area (Å²) in [5, 5.41) is 3.71. The Morgan fingerprint density at radius 3 is 2.42 bits per heavy atom. The predicted molar refractivity (Wildman–Crippen MR) is 85.3 cm³/mol. The highest BCUT2D eigenvalue weighted by Crippen LogP contribution is 2.30. The van der Waals surface area contributed by atoms with Crippen LogP contribution >= 0.6 is 0 Å². The first-order valence-corrected chi connectivity index (χ1v) is 9.70. The van der Waals surface area contributed by atoms with E-state index in [-0.39, 0.29) is 24.8 Å². The molecule has 2 atom stereocenters. The molecular formula is C13H21N5O7S. The molecule has 4 N–H and O–H groups in total. The van der Waals surface area contributed by atoms with Crippen LogP contribution in [-0.4, -0.2) is 72.5 Å². The highest BCUT2D eigenvalue weighted by Gasteiger charge is 2.49. The molecule has 0 aromatic heterocycles. The highest BCUT2D eigenvalue weighted by molar-refractivity contribution is 7.80. The number of fused-ring (bicyclic) bond motifs is 2. The Morgan fingerprint density at radius 2 is 1.77 bits per heavy atom. The number of hydrogen-bond acceptors (Lipinski definition) is 7. The van der Waals surface area contributed by atoms with Crippen LogP contribution in [0.25, 0.3) is 0 Å². The maximum Gasteiger partial charge on any atom is 0.418 e. The molecule has 3 aliphatic rings. The van der Waals surface area contributed by atoms with Crippen LogP contribution in [0.15, 0.2) is 0 Å². The van der Waals surface area contributed by atoms with Gasteiger partial charge in [-0.3, -0.25) is 25.0 Å². The third-order valence-electron chi connectivity index (χ3n) is 4.82. The average Bonchev–Trinajstić information content (AvgIpc) is 2.84. The van der Waals surface area contributed by atoms with E-state index >= 15 is 0 Å². The fourth-order valence-corrected chi connectivity index (χ4v) is 3.89. The van der Waals surface area contributed by atoms with E-state index in [0.717, 1.165) is 18.0 Å². The molecule has 3 fully saturated rings. The van der Waals surface area contributed by atoms with Crippen molar-refractivity contribution in [1.82, 2.24) is 26.1 Å². The molecule has 13 heteroatoms. The van der Waals surface area contributed by atoms with Gasteiger partial charge in [0.25, 0.3) is 5.91 Å². The molecular weight excluding hydrogens is 370 g/mol. The number of rotatable bonds is 4. The van der Waals surface area contributed by atoms with E-state index < -0.39 is 34.4 Å². The van der Waals surface area contributed by atoms with E-state index in [9.17, 15) is 22.8 Å². The van der Waals surface area contributed by atoms with Gasteiger partial charge in [0.15, 0.2) is 0 Å². The molecule has 1 unspecified atom stereocenters. The van der Waals surface area contributed by atoms with E-state index in [0.29, 0.717) is 24.3 Å². The Labute approximate surface area is 150 Å². The first-order valence-electron chi connectivity index (χ1n) is 8.33. The van der Waals surface area contributed by atoms with E-state index in [4.69, 9.17) is 4.55 Å². The van der Waals surface area contributed by atoms with Crippen LogP contribution in [0, 0.1) is 5.92 Å². The lowest BCUT2D eigenvalue weighted by Crippen LogP contribution is -2.55. The second-order valence-electron chi connectivity index (χ2n) is 6.51. The molecule has 146 valence electrons. The third-order valence-corrected chi connectivity index (χ3v) is 5.17. The number of amides is 4. The molecule has 4 amide bonds. The summed E-state index contributed by atoms with van der Waals surface area (Å²) in [6.07, 6.45) is 1.95. The maximum absolute atomic E-state index is 12.4. The summed E-state index contributed by atoms with van der Waals surface area (Å²) >= 11 is 0. The van der Waals surface area contributed by atoms with Gasteiger partial charge in [-0.2, -0.15) is 13.5 Å². The summed E-state index contributed by atoms with van der Waals surface area (Å²) in [4.78, 5) is 37.8. The minimum absolute atomic E-state index is 0.0919. The first kappa shape index (κ1) is 18.8. The summed E-state index contributed by atoms with van der Waals surface area (Å²) in [6, 6.07) is -2.25. The van der Waals surface area contributed by atoms with Crippen molar-refractivity contribution in [2.45, 2.75) is 37.8 Å². The second-order valence-corrected chi connectivity index (χ2v) is 7.52. The zero-order valence-electron chi connectivity index (χ0n) is 13.9. The Kier molecular flexibility index (Phi) is 5.32. The number of carbonyl (C=O) groups excluding carboxylic acids is 3. The Balaban J connectivity index is 1.56. The van der Waals surface area contributed by atoms with Gasteiger partial charge in [-0.25, -0.2) is 4.79 Å². The van der Waals surface area contributed by atoms with Crippen LogP contribution in [0.5, 0.6) is 0 Å². The number of nitrogens with zero attached hydrogens (tertiary/aromatic N) is 2. The van der Waals surface area contributed by atoms with E-state index in [2.05, 4.69) is 20.5 Å². The number of hydroxylamine groups is 2. The summed E-state index contributed by atoms with van der Waals surface area (Å²) in [5.41, 5.74) is 4.72. The van der Waals surface area contributed by atoms with Crippen LogP contribution in [0.4, 0.5) is 4.79 Å². The van der Waals surface area contributed by atoms with Gasteiger partial charge in [0.2, 0.25) is 5.91 Å². The van der Waals surface area contributed by atoms with Crippen LogP contribution in [0.2, 0.25) is 0 Å². The molecule has 12 nitrogen and oxygen atoms in total. The zero-order valence-corrected chi connectivity index (χ0v) is 14.7. The summed E-state index contributed by atoms with van der Waals surface area (Å²) in [6.45, 7) is 1.57. The monoisotopic (exact) mass is 391 g/mol. The molecule has 3 heterocycles. The zero-order chi connectivity index (χ0) is 18.9. The largest absolute Gasteiger partial charge is 0.418 e. The van der Waals surface area contributed by atoms with E-state index in [1.165, 1.54) is 0 Å². The molecule has 0 saturated carbocycles. The van der Waals surface area contributed by atoms with Gasteiger partial charge in [-0.1, -0.05) is 0 Å². The van der Waals surface area contributed by atoms with Gasteiger partial charge in [0, 0.05) is 12.5 Å². The van der Waals surface area contributed by atoms with Crippen molar-refractivity contribution in [3.8, 4) is 0 Å². The summed E-state index contributed by atoms with van der Waals surface area (Å²) < 4.78 is 34.8. The van der Waals surface area contributed by atoms with Gasteiger partial charge in [0.05, 0.1) is 6.04 Å². The molecule has 0 aromatic carbocycles. The smallest absolute Gasteiger partial charge is 0.317 e. The standard InChI is InChI=1S/C13H21N5O7S/c19-11(8-3-5-14-6-4-8)15-16-12(20)10-2-1-9-7-17(10)13(21)18(9)25-26(22,23)24/h8-10,14H,1-7H2,(H,15,19)(H,16,20)(H,22,23,24)/t9?,10-/m0/s1. The summed E-state index contributed by atoms with van der Waals surface area (Å²) in [5.74, 6) is -1.02. The normalized spacial score (nSPS) is 26.7. The fraction of sp³-hybridized carbons (Fsp3) is 0.769. The summed E-state index contributed by atoms with van der Waals surface area (Å²) in [7, 11) is -4.84. The Hall–Kier alpha value is -1.96. The fourth-order valence-electron chi connectivity index (χ4n) is 3.50. The molecule has 3 rings (SSSR count). The van der Waals surface area contributed by atoms with Crippen molar-refractivity contribution in [3.05, 3.63) is 0 Å². The number of nitrogens with one attached hydrogen (secondary N) is 3. The van der Waals surface area contributed by atoms with Crippen LogP contribution < -0.4 is 16.2 Å². The van der Waals surface area contributed by atoms with Crippen molar-refractivity contribution in [2.75, 3.05) is 19.6 Å². The molecule has 3 aliphatic heterocycles. The van der Waals surface area contributed by atoms with Crippen molar-refractivity contribution < 1.29 is 31.6 Å². The van der Waals surface area contributed by atoms with Gasteiger partial charge >= 0.3 is 16.4 Å². The quantitative estimate of drug-likeness (QED) is 0.321. The van der Waals surface area contributed by atoms with Crippen molar-refractivity contribution in [3.63, 3.8) is 0 Å². The van der Waals surface area contributed by atoms with Gasteiger partial charge in [-0.05, 0) is 38.8 Å². The number of hydrogen-bond donors (Lipinski definition) is 4. The molecule has 26 heavy (non-hydrogen) atoms. The molecule has 2 bridgehead atoms. The lowest BCUT2D eigenvalue weighted by Gasteiger charge is -2.29. The van der Waals surface area contributed by atoms with Crippen LogP contribution in [-0.2, 0) is 24.3 Å². The SMILES string of the molecule is O=C(NNC(=O)[C@@H]1CCC2CN1C(=O)N2OS(=O)(=O)O)C1CCNCC1. The molecule has 3 saturated heterocycles. The number of piperidine rings is 2. The van der Waals surface area contributed by atoms with Crippen molar-refractivity contribution in [1.29, 1.82) is 0 Å². The van der Waals surface area contributed by atoms with Crippen molar-refractivity contribution >= 4 is 28.2 Å². The van der Waals surface area contributed by atoms with E-state index in [1.54, 1.807) is 0 Å². The molecule has 0 radical (unpaired) electrons. The first-order chi connectivity index (χ1) is 12.3. The van der Waals surface area contributed by atoms with Gasteiger partial charge in [0.1, 0.15) is 6.04 Å². The van der Waals surface area contributed by atoms with Crippen LogP contribution in [0.3, 0.4) is 0 Å². The maximum atomic E-state index is 12.4. The van der Waals surface area contributed by atoms with Gasteiger partial charge < -0.3 is 10.2 Å². The van der Waals surface area contributed by atoms with E-state index in [1.807, 2.05) is 0 Å². The Morgan fingerprint density at radius 1 is 1.12 bits per heavy atom. The molecule has 0 aliphatic carbocycles. The number of urea groups is 1. The lowest BCUT2D eigenvalue weighted by atomic mass is 9.97. The molecule has 0 spiro atoms. The third kappa shape index (κ3) is 4.06. The topological polar surface area (TPSA) is 157 Å². The predicted octanol–water partition coefficient (Wildman–Crippen LogP) is -1.86. The number of carbonyl (C=O) groups is 3. The highest BCUT2D eigenvalue weighted by atomic mass is 32.3. The minimum atomic E-state index is -4.84. The van der Waals surface area contributed by atoms with Crippen LogP contribution in [0.1, 0.15) is 25.7 Å². The van der Waals surface area contributed by atoms with Gasteiger partial charge in [-0.15, -0.1) is 4.28 Å².